The molecule has 1 spiro atoms. The Morgan fingerprint density at radius 1 is 0.689 bits per heavy atom. The average Bonchev–Trinajstić information content (AvgIpc) is 3.98. The Hall–Kier alpha value is -1.47. The van der Waals surface area contributed by atoms with E-state index in [9.17, 15) is 71.2 Å². The number of aliphatic hydroxyl groups excluding tert-OH is 12. The number of ether oxygens (including phenoxy) is 9. The molecule has 0 amide bonds. The lowest BCUT2D eigenvalue weighted by Crippen LogP contribution is -2.65. The predicted octanol–water partition coefficient (Wildman–Crippen LogP) is -2.86. The molecule has 2 saturated carbocycles. The molecule has 0 aromatic heterocycles. The minimum atomic E-state index is -2.15. The molecule has 0 unspecified atom stereocenters. The fourth-order valence-electron chi connectivity index (χ4n) is 15.5. The number of hydrogen-bond donors (Lipinski definition) is 13. The fraction of sp³-hybridized carbons (Fsp3) is 0.941. The first-order chi connectivity index (χ1) is 35.0. The van der Waals surface area contributed by atoms with Crippen LogP contribution >= 0.6 is 0 Å². The first kappa shape index (κ1) is 57.2. The quantitative estimate of drug-likeness (QED) is 0.0734. The number of fused-ring (bicyclic) bond motifs is 5. The highest BCUT2D eigenvalue weighted by atomic mass is 16.8. The fourth-order valence-corrected chi connectivity index (χ4v) is 15.5. The maximum atomic E-state index is 13.0. The molecule has 25 atom stereocenters. The van der Waals surface area contributed by atoms with E-state index in [0.717, 1.165) is 38.5 Å². The van der Waals surface area contributed by atoms with Crippen LogP contribution in [-0.2, 0) is 47.4 Å². The summed E-state index contributed by atoms with van der Waals surface area (Å²) in [6, 6.07) is 0. The minimum Gasteiger partial charge on any atom is -0.396 e. The number of Topliss-reactive ketones (excluding diaryl/α,β-unsaturated/α-hetero) is 1. The Labute approximate surface area is 430 Å². The van der Waals surface area contributed by atoms with Gasteiger partial charge in [0.15, 0.2) is 30.9 Å². The third kappa shape index (κ3) is 8.83. The lowest BCUT2D eigenvalue weighted by atomic mass is 9.42. The number of carbonyl (C=O) groups is 1. The highest BCUT2D eigenvalue weighted by Gasteiger charge is 2.72. The summed E-state index contributed by atoms with van der Waals surface area (Å²) in [5, 5.41) is 141. The Balaban J connectivity index is 0.902. The van der Waals surface area contributed by atoms with Crippen molar-refractivity contribution in [2.75, 3.05) is 46.2 Å². The van der Waals surface area contributed by atoms with Crippen molar-refractivity contribution in [3.05, 3.63) is 11.1 Å². The molecule has 13 N–H and O–H groups in total. The number of hydrogen-bond acceptors (Lipinski definition) is 23. The van der Waals surface area contributed by atoms with Gasteiger partial charge in [0.1, 0.15) is 85.0 Å². The van der Waals surface area contributed by atoms with E-state index < -0.39 is 179 Å². The molecule has 5 saturated heterocycles. The molecule has 74 heavy (non-hydrogen) atoms. The van der Waals surface area contributed by atoms with Crippen molar-refractivity contribution >= 4 is 5.78 Å². The molecule has 9 aliphatic rings. The van der Waals surface area contributed by atoms with Crippen LogP contribution in [0.2, 0.25) is 0 Å². The van der Waals surface area contributed by atoms with Gasteiger partial charge in [-0.2, -0.15) is 0 Å². The topological polar surface area (TPSA) is 363 Å². The first-order valence-corrected chi connectivity index (χ1v) is 26.6. The van der Waals surface area contributed by atoms with E-state index in [2.05, 4.69) is 27.7 Å². The molecule has 23 nitrogen and oxygen atoms in total. The SMILES string of the molecule is CCC(=O)[C@@H]1C[C@@H](C)[C@]2(CC[C@@]3(C)C4=C(CC[C@@]32C)[C@@]2(C)CC[C@H](O[C@@H]3O[C@H](CO[C@@H]5OC[C@H](O)[C@H](O)[C@H]5O[C@@H]5O[C@H](CO)[C@@H](O)[C@H](O)[C@H]5O[C@@H]5OC[C@](O)(CO)[C@H]5O)[C@@H](O)[C@H](O)[C@H]3O)C(CO)(CO)[C@@H]2CC4)O1. The molecule has 424 valence electrons. The van der Waals surface area contributed by atoms with E-state index in [1.54, 1.807) is 0 Å². The summed E-state index contributed by atoms with van der Waals surface area (Å²) < 4.78 is 54.1. The molecule has 23 heteroatoms. The highest BCUT2D eigenvalue weighted by Crippen LogP contribution is 2.75. The second-order valence-electron chi connectivity index (χ2n) is 23.7. The van der Waals surface area contributed by atoms with Crippen molar-refractivity contribution in [1.29, 1.82) is 0 Å². The van der Waals surface area contributed by atoms with Gasteiger partial charge in [0, 0.05) is 17.3 Å². The van der Waals surface area contributed by atoms with Crippen LogP contribution in [0.1, 0.15) is 98.8 Å². The summed E-state index contributed by atoms with van der Waals surface area (Å²) >= 11 is 0. The molecule has 5 heterocycles. The number of ketones is 1. The molecular formula is C51H82O23. The smallest absolute Gasteiger partial charge is 0.187 e. The molecule has 0 aromatic rings. The first-order valence-electron chi connectivity index (χ1n) is 26.6. The third-order valence-corrected chi connectivity index (χ3v) is 20.3. The van der Waals surface area contributed by atoms with Crippen molar-refractivity contribution < 1.29 is 114 Å². The van der Waals surface area contributed by atoms with Gasteiger partial charge in [-0.3, -0.25) is 4.79 Å². The van der Waals surface area contributed by atoms with E-state index in [0.29, 0.717) is 25.7 Å². The van der Waals surface area contributed by atoms with Gasteiger partial charge in [-0.1, -0.05) is 45.8 Å². The van der Waals surface area contributed by atoms with Crippen molar-refractivity contribution in [2.24, 2.45) is 33.5 Å². The molecule has 5 aliphatic heterocycles. The van der Waals surface area contributed by atoms with Gasteiger partial charge in [-0.15, -0.1) is 0 Å². The van der Waals surface area contributed by atoms with Crippen molar-refractivity contribution in [2.45, 2.75) is 221 Å². The predicted molar refractivity (Wildman–Crippen MR) is 250 cm³/mol. The largest absolute Gasteiger partial charge is 0.396 e. The highest BCUT2D eigenvalue weighted by molar-refractivity contribution is 5.83. The summed E-state index contributed by atoms with van der Waals surface area (Å²) in [6.45, 7) is 6.67. The molecule has 0 radical (unpaired) electrons. The van der Waals surface area contributed by atoms with E-state index in [1.807, 2.05) is 6.92 Å². The van der Waals surface area contributed by atoms with Crippen LogP contribution in [-0.4, -0.2) is 240 Å². The Kier molecular flexibility index (Phi) is 16.4. The maximum absolute atomic E-state index is 13.0. The summed E-state index contributed by atoms with van der Waals surface area (Å²) in [4.78, 5) is 13.0. The van der Waals surface area contributed by atoms with Gasteiger partial charge in [-0.25, -0.2) is 0 Å². The molecule has 7 fully saturated rings. The third-order valence-electron chi connectivity index (χ3n) is 20.3. The average molecular weight is 1060 g/mol. The monoisotopic (exact) mass is 1060 g/mol. The molecular weight excluding hydrogens is 981 g/mol. The molecule has 4 aliphatic carbocycles. The number of rotatable bonds is 15. The van der Waals surface area contributed by atoms with Crippen LogP contribution in [0.5, 0.6) is 0 Å². The minimum absolute atomic E-state index is 0.146. The Morgan fingerprint density at radius 2 is 1.36 bits per heavy atom. The van der Waals surface area contributed by atoms with E-state index in [4.69, 9.17) is 42.6 Å². The van der Waals surface area contributed by atoms with Crippen LogP contribution < -0.4 is 0 Å². The summed E-state index contributed by atoms with van der Waals surface area (Å²) in [6.07, 6.45) is -22.1. The standard InChI is InChI=1S/C51H82O23/c1-6-26(56)28-15-23(2)51(74-28)14-13-47(4)25-7-8-31-46(3,24(25)9-12-48(47,51)5)11-10-32(49(31,19-53)20-54)71-42-38(63)36(61)35(60)30(70-42)18-67-43-39(33(58)27(57)17-66-43)72-44-40(37(62)34(59)29(16-52)69-44)73-45-41(64)50(65,21-55)22-68-45/h23,27-45,52-55,57-65H,6-22H2,1-5H3/t23-,27+,28+,29-,30-,31-,32+,33+,34-,35-,36+,37+,38-,39-,40-,41+,42+,43+,44+,45+,46-,47+,48+,50-,51+/m1/s1. The maximum Gasteiger partial charge on any atom is 0.187 e. The summed E-state index contributed by atoms with van der Waals surface area (Å²) in [5.74, 6) is 0.0850. The van der Waals surface area contributed by atoms with Crippen molar-refractivity contribution in [3.63, 3.8) is 0 Å². The summed E-state index contributed by atoms with van der Waals surface area (Å²) in [5.41, 5.74) is -1.93. The zero-order chi connectivity index (χ0) is 53.7. The van der Waals surface area contributed by atoms with E-state index in [1.165, 1.54) is 11.1 Å². The zero-order valence-corrected chi connectivity index (χ0v) is 43.0. The summed E-state index contributed by atoms with van der Waals surface area (Å²) in [7, 11) is 0. The molecule has 0 aromatic carbocycles. The van der Waals surface area contributed by atoms with Gasteiger partial charge in [-0.05, 0) is 80.5 Å². The van der Waals surface area contributed by atoms with Crippen molar-refractivity contribution in [1.82, 2.24) is 0 Å². The van der Waals surface area contributed by atoms with Crippen molar-refractivity contribution in [3.8, 4) is 0 Å². The van der Waals surface area contributed by atoms with Crippen LogP contribution in [0.4, 0.5) is 0 Å². The van der Waals surface area contributed by atoms with Gasteiger partial charge in [0.05, 0.1) is 58.0 Å². The van der Waals surface area contributed by atoms with Gasteiger partial charge >= 0.3 is 0 Å². The number of aliphatic hydroxyl groups is 13. The van der Waals surface area contributed by atoms with Crippen LogP contribution in [0.25, 0.3) is 0 Å². The van der Waals surface area contributed by atoms with Crippen LogP contribution in [0.3, 0.4) is 0 Å². The lowest BCUT2D eigenvalue weighted by molar-refractivity contribution is -0.378. The Bertz CT molecular complexity index is 2030. The van der Waals surface area contributed by atoms with E-state index >= 15 is 0 Å². The molecule has 9 rings (SSSR count). The van der Waals surface area contributed by atoms with Gasteiger partial charge in [0.2, 0.25) is 0 Å². The second kappa shape index (κ2) is 21.2. The lowest BCUT2D eigenvalue weighted by Gasteiger charge is -2.64. The van der Waals surface area contributed by atoms with Gasteiger partial charge in [0.25, 0.3) is 0 Å². The molecule has 0 bridgehead atoms. The zero-order valence-electron chi connectivity index (χ0n) is 43.0. The van der Waals surface area contributed by atoms with Gasteiger partial charge < -0.3 is 109 Å². The van der Waals surface area contributed by atoms with Crippen LogP contribution in [0, 0.1) is 33.5 Å². The normalized spacial score (nSPS) is 52.2. The van der Waals surface area contributed by atoms with E-state index in [-0.39, 0.29) is 28.4 Å². The van der Waals surface area contributed by atoms with Crippen LogP contribution in [0.15, 0.2) is 11.1 Å². The second-order valence-corrected chi connectivity index (χ2v) is 23.7. The Morgan fingerprint density at radius 3 is 2.03 bits per heavy atom. The number of allylic oxidation sites excluding steroid dienone is 2. The number of carbonyl (C=O) groups excluding carboxylic acids is 1.